The zero-order chi connectivity index (χ0) is 10.7. The molecule has 0 radical (unpaired) electrons. The minimum absolute atomic E-state index is 0.469. The lowest BCUT2D eigenvalue weighted by molar-refractivity contribution is 0.415. The molecule has 78 valence electrons. The molecule has 0 spiro atoms. The fourth-order valence-electron chi connectivity index (χ4n) is 1.40. The molecule has 0 fully saturated rings. The first-order chi connectivity index (χ1) is 7.33. The van der Waals surface area contributed by atoms with E-state index >= 15 is 0 Å². The second kappa shape index (κ2) is 4.14. The average molecular weight is 203 g/mol. The van der Waals surface area contributed by atoms with Crippen LogP contribution in [-0.4, -0.2) is 17.3 Å². The lowest BCUT2D eigenvalue weighted by Crippen LogP contribution is -1.95. The van der Waals surface area contributed by atoms with Crippen LogP contribution in [0.25, 0.3) is 11.3 Å². The SMILES string of the molecule is COc1cccc(-c2cc(CN)[nH]n2)c1. The molecule has 2 aromatic rings. The van der Waals surface area contributed by atoms with Gasteiger partial charge in [0, 0.05) is 17.8 Å². The van der Waals surface area contributed by atoms with Crippen LogP contribution in [0.1, 0.15) is 5.69 Å². The fourth-order valence-corrected chi connectivity index (χ4v) is 1.40. The van der Waals surface area contributed by atoms with Crippen LogP contribution in [0.3, 0.4) is 0 Å². The molecule has 1 aromatic heterocycles. The minimum atomic E-state index is 0.469. The van der Waals surface area contributed by atoms with E-state index in [4.69, 9.17) is 10.5 Å². The van der Waals surface area contributed by atoms with Crippen LogP contribution in [0, 0.1) is 0 Å². The van der Waals surface area contributed by atoms with Crippen molar-refractivity contribution < 1.29 is 4.74 Å². The normalized spacial score (nSPS) is 10.3. The van der Waals surface area contributed by atoms with Gasteiger partial charge in [-0.15, -0.1) is 0 Å². The van der Waals surface area contributed by atoms with Crippen molar-refractivity contribution in [3.8, 4) is 17.0 Å². The third kappa shape index (κ3) is 1.99. The zero-order valence-electron chi connectivity index (χ0n) is 8.53. The number of aromatic amines is 1. The largest absolute Gasteiger partial charge is 0.497 e. The van der Waals surface area contributed by atoms with Gasteiger partial charge in [-0.1, -0.05) is 12.1 Å². The maximum atomic E-state index is 5.50. The van der Waals surface area contributed by atoms with Crippen LogP contribution in [-0.2, 0) is 6.54 Å². The van der Waals surface area contributed by atoms with Crippen molar-refractivity contribution >= 4 is 0 Å². The third-order valence-electron chi connectivity index (χ3n) is 2.22. The van der Waals surface area contributed by atoms with E-state index in [1.165, 1.54) is 0 Å². The van der Waals surface area contributed by atoms with Crippen molar-refractivity contribution in [3.63, 3.8) is 0 Å². The van der Waals surface area contributed by atoms with Crippen molar-refractivity contribution in [1.82, 2.24) is 10.2 Å². The van der Waals surface area contributed by atoms with Crippen LogP contribution >= 0.6 is 0 Å². The van der Waals surface area contributed by atoms with E-state index in [1.54, 1.807) is 7.11 Å². The molecule has 0 aliphatic rings. The lowest BCUT2D eigenvalue weighted by Gasteiger charge is -2.00. The zero-order valence-corrected chi connectivity index (χ0v) is 8.53. The molecular formula is C11H13N3O. The number of ether oxygens (including phenoxy) is 1. The summed E-state index contributed by atoms with van der Waals surface area (Å²) in [7, 11) is 1.65. The number of hydrogen-bond acceptors (Lipinski definition) is 3. The van der Waals surface area contributed by atoms with E-state index in [1.807, 2.05) is 30.3 Å². The van der Waals surface area contributed by atoms with Gasteiger partial charge < -0.3 is 10.5 Å². The summed E-state index contributed by atoms with van der Waals surface area (Å²) in [6.07, 6.45) is 0. The van der Waals surface area contributed by atoms with E-state index in [0.717, 1.165) is 22.7 Å². The quantitative estimate of drug-likeness (QED) is 0.795. The molecule has 0 atom stereocenters. The predicted octanol–water partition coefficient (Wildman–Crippen LogP) is 1.54. The van der Waals surface area contributed by atoms with Gasteiger partial charge in [0.25, 0.3) is 0 Å². The van der Waals surface area contributed by atoms with E-state index < -0.39 is 0 Å². The summed E-state index contributed by atoms with van der Waals surface area (Å²) in [5, 5.41) is 7.05. The second-order valence-corrected chi connectivity index (χ2v) is 3.21. The molecule has 1 heterocycles. The summed E-state index contributed by atoms with van der Waals surface area (Å²) in [4.78, 5) is 0. The highest BCUT2D eigenvalue weighted by atomic mass is 16.5. The number of benzene rings is 1. The molecule has 4 heteroatoms. The highest BCUT2D eigenvalue weighted by Gasteiger charge is 2.03. The Hall–Kier alpha value is -1.81. The molecule has 15 heavy (non-hydrogen) atoms. The van der Waals surface area contributed by atoms with Crippen molar-refractivity contribution in [2.45, 2.75) is 6.54 Å². The van der Waals surface area contributed by atoms with Gasteiger partial charge in [-0.2, -0.15) is 5.10 Å². The Morgan fingerprint density at radius 1 is 1.40 bits per heavy atom. The fraction of sp³-hybridized carbons (Fsp3) is 0.182. The first kappa shape index (κ1) is 9.73. The topological polar surface area (TPSA) is 63.9 Å². The third-order valence-corrected chi connectivity index (χ3v) is 2.22. The molecule has 0 unspecified atom stereocenters. The number of nitrogens with one attached hydrogen (secondary N) is 1. The van der Waals surface area contributed by atoms with Gasteiger partial charge in [-0.3, -0.25) is 5.10 Å². The summed E-state index contributed by atoms with van der Waals surface area (Å²) in [5.41, 5.74) is 8.33. The maximum absolute atomic E-state index is 5.50. The lowest BCUT2D eigenvalue weighted by atomic mass is 10.1. The Kier molecular flexibility index (Phi) is 2.69. The van der Waals surface area contributed by atoms with Gasteiger partial charge >= 0.3 is 0 Å². The Bertz CT molecular complexity index is 451. The monoisotopic (exact) mass is 203 g/mol. The predicted molar refractivity (Wildman–Crippen MR) is 58.5 cm³/mol. The molecule has 0 bridgehead atoms. The van der Waals surface area contributed by atoms with Crippen molar-refractivity contribution in [2.75, 3.05) is 7.11 Å². The maximum Gasteiger partial charge on any atom is 0.119 e. The molecule has 3 N–H and O–H groups in total. The average Bonchev–Trinajstić information content (AvgIpc) is 2.78. The second-order valence-electron chi connectivity index (χ2n) is 3.21. The Balaban J connectivity index is 2.35. The van der Waals surface area contributed by atoms with Crippen LogP contribution < -0.4 is 10.5 Å². The van der Waals surface area contributed by atoms with Crippen LogP contribution in [0.2, 0.25) is 0 Å². The number of aromatic nitrogens is 2. The number of nitrogens with two attached hydrogens (primary N) is 1. The molecule has 0 aliphatic heterocycles. The van der Waals surface area contributed by atoms with E-state index in [-0.39, 0.29) is 0 Å². The Labute approximate surface area is 88.1 Å². The highest BCUT2D eigenvalue weighted by Crippen LogP contribution is 2.22. The molecular weight excluding hydrogens is 190 g/mol. The molecule has 0 saturated carbocycles. The highest BCUT2D eigenvalue weighted by molar-refractivity contribution is 5.61. The van der Waals surface area contributed by atoms with Crippen molar-refractivity contribution in [3.05, 3.63) is 36.0 Å². The van der Waals surface area contributed by atoms with Crippen LogP contribution in [0.5, 0.6) is 5.75 Å². The molecule has 2 rings (SSSR count). The first-order valence-electron chi connectivity index (χ1n) is 4.72. The summed E-state index contributed by atoms with van der Waals surface area (Å²) < 4.78 is 5.15. The number of H-pyrrole nitrogens is 1. The van der Waals surface area contributed by atoms with Gasteiger partial charge in [0.2, 0.25) is 0 Å². The van der Waals surface area contributed by atoms with E-state index in [9.17, 15) is 0 Å². The molecule has 0 amide bonds. The molecule has 0 saturated heterocycles. The van der Waals surface area contributed by atoms with Gasteiger partial charge in [-0.05, 0) is 18.2 Å². The Morgan fingerprint density at radius 2 is 2.27 bits per heavy atom. The van der Waals surface area contributed by atoms with Crippen molar-refractivity contribution in [2.24, 2.45) is 5.73 Å². The number of nitrogens with zero attached hydrogens (tertiary/aromatic N) is 1. The minimum Gasteiger partial charge on any atom is -0.497 e. The molecule has 4 nitrogen and oxygen atoms in total. The Morgan fingerprint density at radius 3 is 2.93 bits per heavy atom. The van der Waals surface area contributed by atoms with E-state index in [2.05, 4.69) is 10.2 Å². The number of methoxy groups -OCH3 is 1. The summed E-state index contributed by atoms with van der Waals surface area (Å²) in [6.45, 7) is 0.469. The van der Waals surface area contributed by atoms with Crippen molar-refractivity contribution in [1.29, 1.82) is 0 Å². The summed E-state index contributed by atoms with van der Waals surface area (Å²) in [6, 6.07) is 9.70. The van der Waals surface area contributed by atoms with Gasteiger partial charge in [0.05, 0.1) is 12.8 Å². The van der Waals surface area contributed by atoms with Gasteiger partial charge in [-0.25, -0.2) is 0 Å². The summed E-state index contributed by atoms with van der Waals surface area (Å²) >= 11 is 0. The molecule has 1 aromatic carbocycles. The number of rotatable bonds is 3. The smallest absolute Gasteiger partial charge is 0.119 e. The van der Waals surface area contributed by atoms with E-state index in [0.29, 0.717) is 6.54 Å². The molecule has 0 aliphatic carbocycles. The van der Waals surface area contributed by atoms with Gasteiger partial charge in [0.15, 0.2) is 0 Å². The van der Waals surface area contributed by atoms with Gasteiger partial charge in [0.1, 0.15) is 5.75 Å². The summed E-state index contributed by atoms with van der Waals surface area (Å²) in [5.74, 6) is 0.824. The number of hydrogen-bond donors (Lipinski definition) is 2. The first-order valence-corrected chi connectivity index (χ1v) is 4.72. The van der Waals surface area contributed by atoms with Crippen LogP contribution in [0.4, 0.5) is 0 Å². The van der Waals surface area contributed by atoms with Crippen LogP contribution in [0.15, 0.2) is 30.3 Å². The standard InChI is InChI=1S/C11H13N3O/c1-15-10-4-2-3-8(5-10)11-6-9(7-12)13-14-11/h2-6H,7,12H2,1H3,(H,13,14).